The van der Waals surface area contributed by atoms with E-state index in [0.717, 1.165) is 6.07 Å². The Morgan fingerprint density at radius 1 is 1.35 bits per heavy atom. The zero-order valence-electron chi connectivity index (χ0n) is 11.9. The Bertz CT molecular complexity index is 618. The van der Waals surface area contributed by atoms with Gasteiger partial charge in [-0.25, -0.2) is 12.8 Å². The Morgan fingerprint density at radius 3 is 2.60 bits per heavy atom. The van der Waals surface area contributed by atoms with E-state index in [1.807, 2.05) is 14.0 Å². The number of likely N-dealkylation sites (N-methyl/N-ethyl adjacent to an activating group) is 1. The second-order valence-corrected chi connectivity index (χ2v) is 7.21. The molecule has 0 aliphatic carbocycles. The van der Waals surface area contributed by atoms with Gasteiger partial charge in [-0.2, -0.15) is 4.31 Å². The molecule has 7 heteroatoms. The first-order chi connectivity index (χ1) is 9.23. The minimum atomic E-state index is -3.72. The summed E-state index contributed by atoms with van der Waals surface area (Å²) in [6, 6.07) is 2.32. The molecule has 0 radical (unpaired) electrons. The quantitative estimate of drug-likeness (QED) is 0.829. The fourth-order valence-electron chi connectivity index (χ4n) is 2.55. The SMILES string of the molecule is Cc1c(F)cc(N)cc1S(=O)(=O)N1CCN(C)CC1C. The highest BCUT2D eigenvalue weighted by atomic mass is 32.2. The molecule has 1 aromatic carbocycles. The third-order valence-corrected chi connectivity index (χ3v) is 5.82. The van der Waals surface area contributed by atoms with E-state index in [0.29, 0.717) is 19.6 Å². The number of rotatable bonds is 2. The summed E-state index contributed by atoms with van der Waals surface area (Å²) in [6.07, 6.45) is 0. The molecule has 1 fully saturated rings. The van der Waals surface area contributed by atoms with Crippen LogP contribution in [-0.4, -0.2) is 50.3 Å². The summed E-state index contributed by atoms with van der Waals surface area (Å²) in [6.45, 7) is 5.03. The van der Waals surface area contributed by atoms with Gasteiger partial charge in [0.2, 0.25) is 10.0 Å². The molecular formula is C13H20FN3O2S. The van der Waals surface area contributed by atoms with Crippen molar-refractivity contribution >= 4 is 15.7 Å². The van der Waals surface area contributed by atoms with Crippen LogP contribution in [0.4, 0.5) is 10.1 Å². The smallest absolute Gasteiger partial charge is 0.243 e. The summed E-state index contributed by atoms with van der Waals surface area (Å²) in [5, 5.41) is 0. The number of anilines is 1. The lowest BCUT2D eigenvalue weighted by Gasteiger charge is -2.37. The molecule has 2 rings (SSSR count). The predicted octanol–water partition coefficient (Wildman–Crippen LogP) is 1.04. The molecule has 1 aliphatic heterocycles. The minimum absolute atomic E-state index is 0.0357. The van der Waals surface area contributed by atoms with Crippen molar-refractivity contribution in [2.45, 2.75) is 24.8 Å². The standard InChI is InChI=1S/C13H20FN3O2S/c1-9-8-16(3)4-5-17(9)20(18,19)13-7-11(15)6-12(14)10(13)2/h6-7,9H,4-5,8,15H2,1-3H3. The molecular weight excluding hydrogens is 281 g/mol. The molecule has 1 aliphatic rings. The largest absolute Gasteiger partial charge is 0.399 e. The summed E-state index contributed by atoms with van der Waals surface area (Å²) in [7, 11) is -1.77. The van der Waals surface area contributed by atoms with Crippen LogP contribution in [0.15, 0.2) is 17.0 Å². The van der Waals surface area contributed by atoms with Gasteiger partial charge in [0.1, 0.15) is 5.82 Å². The van der Waals surface area contributed by atoms with Gasteiger partial charge in [0.05, 0.1) is 4.90 Å². The molecule has 1 unspecified atom stereocenters. The maximum atomic E-state index is 13.7. The van der Waals surface area contributed by atoms with Crippen molar-refractivity contribution in [1.82, 2.24) is 9.21 Å². The van der Waals surface area contributed by atoms with Crippen LogP contribution in [0, 0.1) is 12.7 Å². The molecule has 2 N–H and O–H groups in total. The molecule has 0 bridgehead atoms. The van der Waals surface area contributed by atoms with Crippen molar-refractivity contribution in [2.24, 2.45) is 0 Å². The minimum Gasteiger partial charge on any atom is -0.399 e. The third-order valence-electron chi connectivity index (χ3n) is 3.68. The number of nitrogen functional groups attached to an aromatic ring is 1. The van der Waals surface area contributed by atoms with E-state index in [1.165, 1.54) is 17.3 Å². The summed E-state index contributed by atoms with van der Waals surface area (Å²) in [4.78, 5) is 2.04. The van der Waals surface area contributed by atoms with Crippen LogP contribution in [0.3, 0.4) is 0 Å². The Balaban J connectivity index is 2.46. The first-order valence-corrected chi connectivity index (χ1v) is 7.93. The second kappa shape index (κ2) is 5.31. The molecule has 1 heterocycles. The van der Waals surface area contributed by atoms with Crippen molar-refractivity contribution in [2.75, 3.05) is 32.4 Å². The molecule has 1 aromatic rings. The topological polar surface area (TPSA) is 66.6 Å². The predicted molar refractivity (Wildman–Crippen MR) is 76.4 cm³/mol. The molecule has 5 nitrogen and oxygen atoms in total. The number of sulfonamides is 1. The van der Waals surface area contributed by atoms with E-state index in [-0.39, 0.29) is 22.2 Å². The Labute approximate surface area is 119 Å². The molecule has 0 amide bonds. The zero-order valence-corrected chi connectivity index (χ0v) is 12.7. The van der Waals surface area contributed by atoms with Gasteiger partial charge in [0.15, 0.2) is 0 Å². The number of piperazine rings is 1. The number of benzene rings is 1. The van der Waals surface area contributed by atoms with Crippen molar-refractivity contribution in [3.8, 4) is 0 Å². The fourth-order valence-corrected chi connectivity index (χ4v) is 4.43. The van der Waals surface area contributed by atoms with Crippen molar-refractivity contribution in [3.05, 3.63) is 23.5 Å². The summed E-state index contributed by atoms with van der Waals surface area (Å²) >= 11 is 0. The number of nitrogens with two attached hydrogens (primary N) is 1. The molecule has 0 spiro atoms. The van der Waals surface area contributed by atoms with Gasteiger partial charge < -0.3 is 10.6 Å². The number of halogens is 1. The van der Waals surface area contributed by atoms with E-state index < -0.39 is 15.8 Å². The van der Waals surface area contributed by atoms with E-state index in [2.05, 4.69) is 4.90 Å². The third kappa shape index (κ3) is 2.65. The van der Waals surface area contributed by atoms with Gasteiger partial charge in [-0.1, -0.05) is 0 Å². The molecule has 112 valence electrons. The Hall–Kier alpha value is -1.18. The number of hydrogen-bond donors (Lipinski definition) is 1. The second-order valence-electron chi connectivity index (χ2n) is 5.35. The van der Waals surface area contributed by atoms with Gasteiger partial charge in [-0.3, -0.25) is 0 Å². The number of nitrogens with zero attached hydrogens (tertiary/aromatic N) is 2. The van der Waals surface area contributed by atoms with Gasteiger partial charge in [-0.15, -0.1) is 0 Å². The first kappa shape index (κ1) is 15.2. The van der Waals surface area contributed by atoms with E-state index in [1.54, 1.807) is 0 Å². The summed E-state index contributed by atoms with van der Waals surface area (Å²) in [5.41, 5.74) is 5.82. The molecule has 1 saturated heterocycles. The van der Waals surface area contributed by atoms with Crippen molar-refractivity contribution in [3.63, 3.8) is 0 Å². The zero-order chi connectivity index (χ0) is 15.1. The molecule has 1 atom stereocenters. The Morgan fingerprint density at radius 2 is 2.00 bits per heavy atom. The van der Waals surface area contributed by atoms with Gasteiger partial charge in [0.25, 0.3) is 0 Å². The van der Waals surface area contributed by atoms with Crippen LogP contribution in [0.5, 0.6) is 0 Å². The van der Waals surface area contributed by atoms with Gasteiger partial charge in [-0.05, 0) is 33.0 Å². The normalized spacial score (nSPS) is 22.1. The maximum Gasteiger partial charge on any atom is 0.243 e. The van der Waals surface area contributed by atoms with Crippen LogP contribution in [0.2, 0.25) is 0 Å². The maximum absolute atomic E-state index is 13.7. The van der Waals surface area contributed by atoms with Gasteiger partial charge in [0, 0.05) is 36.9 Å². The average molecular weight is 301 g/mol. The van der Waals surface area contributed by atoms with Crippen LogP contribution in [-0.2, 0) is 10.0 Å². The van der Waals surface area contributed by atoms with E-state index in [9.17, 15) is 12.8 Å². The van der Waals surface area contributed by atoms with Crippen LogP contribution in [0.1, 0.15) is 12.5 Å². The highest BCUT2D eigenvalue weighted by molar-refractivity contribution is 7.89. The van der Waals surface area contributed by atoms with Crippen LogP contribution >= 0.6 is 0 Å². The van der Waals surface area contributed by atoms with E-state index >= 15 is 0 Å². The highest BCUT2D eigenvalue weighted by Crippen LogP contribution is 2.27. The Kier molecular flexibility index (Phi) is 4.04. The highest BCUT2D eigenvalue weighted by Gasteiger charge is 2.34. The molecule has 0 aromatic heterocycles. The summed E-state index contributed by atoms with van der Waals surface area (Å²) in [5.74, 6) is -0.592. The fraction of sp³-hybridized carbons (Fsp3) is 0.538. The lowest BCUT2D eigenvalue weighted by molar-refractivity contribution is 0.170. The van der Waals surface area contributed by atoms with Crippen molar-refractivity contribution < 1.29 is 12.8 Å². The first-order valence-electron chi connectivity index (χ1n) is 6.49. The van der Waals surface area contributed by atoms with E-state index in [4.69, 9.17) is 5.73 Å². The van der Waals surface area contributed by atoms with Gasteiger partial charge >= 0.3 is 0 Å². The number of hydrogen-bond acceptors (Lipinski definition) is 4. The van der Waals surface area contributed by atoms with Crippen LogP contribution in [0.25, 0.3) is 0 Å². The lowest BCUT2D eigenvalue weighted by Crippen LogP contribution is -2.52. The summed E-state index contributed by atoms with van der Waals surface area (Å²) < 4.78 is 40.6. The average Bonchev–Trinajstić information content (AvgIpc) is 2.33. The van der Waals surface area contributed by atoms with Crippen molar-refractivity contribution in [1.29, 1.82) is 0 Å². The molecule has 0 saturated carbocycles. The monoisotopic (exact) mass is 301 g/mol. The van der Waals surface area contributed by atoms with Crippen LogP contribution < -0.4 is 5.73 Å². The molecule has 20 heavy (non-hydrogen) atoms. The lowest BCUT2D eigenvalue weighted by atomic mass is 10.2.